The zero-order valence-corrected chi connectivity index (χ0v) is 14.8. The van der Waals surface area contributed by atoms with Crippen molar-refractivity contribution in [3.63, 3.8) is 0 Å². The Morgan fingerprint density at radius 2 is 1.75 bits per heavy atom. The molecule has 4 N–H and O–H groups in total. The fourth-order valence-corrected chi connectivity index (χ4v) is 2.62. The molecule has 2 aromatic carbocycles. The summed E-state index contributed by atoms with van der Waals surface area (Å²) >= 11 is 0. The maximum Gasteiger partial charge on any atom is 0.161 e. The van der Waals surface area contributed by atoms with Gasteiger partial charge in [0, 0.05) is 18.4 Å². The third kappa shape index (κ3) is 6.22. The number of methoxy groups -OCH3 is 1. The summed E-state index contributed by atoms with van der Waals surface area (Å²) in [6.45, 7) is 3.97. The molecule has 0 aliphatic rings. The molecule has 0 amide bonds. The van der Waals surface area contributed by atoms with Crippen LogP contribution in [0.2, 0.25) is 0 Å². The van der Waals surface area contributed by atoms with E-state index in [2.05, 4.69) is 54.1 Å². The molecule has 0 unspecified atom stereocenters. The maximum atomic E-state index is 5.91. The highest BCUT2D eigenvalue weighted by molar-refractivity contribution is 5.42. The van der Waals surface area contributed by atoms with Gasteiger partial charge >= 0.3 is 0 Å². The van der Waals surface area contributed by atoms with E-state index in [-0.39, 0.29) is 0 Å². The Morgan fingerprint density at radius 1 is 0.917 bits per heavy atom. The summed E-state index contributed by atoms with van der Waals surface area (Å²) in [6.07, 6.45) is 2.13. The molecule has 0 saturated heterocycles. The van der Waals surface area contributed by atoms with Crippen LogP contribution in [0.25, 0.3) is 0 Å². The van der Waals surface area contributed by atoms with Crippen molar-refractivity contribution in [2.24, 2.45) is 0 Å². The molecule has 2 aromatic rings. The van der Waals surface area contributed by atoms with Crippen molar-refractivity contribution in [1.82, 2.24) is 0 Å². The second-order valence-corrected chi connectivity index (χ2v) is 5.90. The number of quaternary nitrogens is 2. The minimum atomic E-state index is 0.652. The first-order valence-corrected chi connectivity index (χ1v) is 8.76. The zero-order chi connectivity index (χ0) is 17.0. The predicted octanol–water partition coefficient (Wildman–Crippen LogP) is 0.963. The summed E-state index contributed by atoms with van der Waals surface area (Å²) in [4.78, 5) is 0. The lowest BCUT2D eigenvalue weighted by molar-refractivity contribution is -0.682. The third-order valence-electron chi connectivity index (χ3n) is 4.00. The molecule has 0 fully saturated rings. The highest BCUT2D eigenvalue weighted by Gasteiger charge is 2.07. The normalized spacial score (nSPS) is 10.6. The smallest absolute Gasteiger partial charge is 0.161 e. The van der Waals surface area contributed by atoms with Crippen LogP contribution in [0.4, 0.5) is 0 Å². The largest absolute Gasteiger partial charge is 0.493 e. The molecule has 0 saturated carbocycles. The number of hydrogen-bond acceptors (Lipinski definition) is 2. The van der Waals surface area contributed by atoms with Crippen LogP contribution >= 0.6 is 0 Å². The van der Waals surface area contributed by atoms with Crippen LogP contribution in [0, 0.1) is 0 Å². The summed E-state index contributed by atoms with van der Waals surface area (Å²) in [5, 5.41) is 4.56. The molecule has 0 heterocycles. The van der Waals surface area contributed by atoms with Gasteiger partial charge in [0.15, 0.2) is 11.5 Å². The molecule has 0 bridgehead atoms. The van der Waals surface area contributed by atoms with Crippen LogP contribution in [-0.2, 0) is 13.0 Å². The first-order valence-electron chi connectivity index (χ1n) is 8.76. The molecule has 4 nitrogen and oxygen atoms in total. The molecule has 2 rings (SSSR count). The Balaban J connectivity index is 1.82. The second kappa shape index (κ2) is 10.7. The Bertz CT molecular complexity index is 587. The first kappa shape index (κ1) is 18.3. The van der Waals surface area contributed by atoms with Gasteiger partial charge in [0.2, 0.25) is 0 Å². The summed E-state index contributed by atoms with van der Waals surface area (Å²) in [5.41, 5.74) is 2.55. The average Bonchev–Trinajstić information content (AvgIpc) is 2.63. The molecule has 0 spiro atoms. The molecular formula is C20H30N2O2+2. The van der Waals surface area contributed by atoms with Crippen molar-refractivity contribution in [2.75, 3.05) is 33.9 Å². The van der Waals surface area contributed by atoms with E-state index in [9.17, 15) is 0 Å². The fraction of sp³-hybridized carbons (Fsp3) is 0.400. The summed E-state index contributed by atoms with van der Waals surface area (Å²) < 4.78 is 11.4. The van der Waals surface area contributed by atoms with Gasteiger partial charge < -0.3 is 20.1 Å². The van der Waals surface area contributed by atoms with Gasteiger partial charge in [0.05, 0.1) is 33.9 Å². The van der Waals surface area contributed by atoms with E-state index in [1.807, 2.05) is 12.1 Å². The fourth-order valence-electron chi connectivity index (χ4n) is 2.62. The summed E-state index contributed by atoms with van der Waals surface area (Å²) in [6, 6.07) is 16.6. The third-order valence-corrected chi connectivity index (χ3v) is 4.00. The molecule has 0 aliphatic heterocycles. The summed E-state index contributed by atoms with van der Waals surface area (Å²) in [7, 11) is 3.81. The van der Waals surface area contributed by atoms with Crippen molar-refractivity contribution < 1.29 is 20.1 Å². The monoisotopic (exact) mass is 330 g/mol. The second-order valence-electron chi connectivity index (χ2n) is 5.90. The molecule has 24 heavy (non-hydrogen) atoms. The van der Waals surface area contributed by atoms with E-state index in [0.29, 0.717) is 6.61 Å². The van der Waals surface area contributed by atoms with Crippen LogP contribution in [0.5, 0.6) is 11.5 Å². The van der Waals surface area contributed by atoms with Gasteiger partial charge in [0.25, 0.3) is 0 Å². The minimum absolute atomic E-state index is 0.652. The topological polar surface area (TPSA) is 51.7 Å². The quantitative estimate of drug-likeness (QED) is 0.603. The Labute approximate surface area is 145 Å². The van der Waals surface area contributed by atoms with Crippen molar-refractivity contribution >= 4 is 0 Å². The van der Waals surface area contributed by atoms with Crippen LogP contribution in [-0.4, -0.2) is 33.9 Å². The maximum absolute atomic E-state index is 5.91. The number of benzene rings is 2. The van der Waals surface area contributed by atoms with Crippen molar-refractivity contribution in [3.05, 3.63) is 59.7 Å². The molecular weight excluding hydrogens is 300 g/mol. The Kier molecular flexibility index (Phi) is 8.15. The molecule has 0 atom stereocenters. The standard InChI is InChI=1S/C20H28N2O2/c1-21-12-6-13-22-16-18-9-10-19(20(15-18)23-2)24-14-11-17-7-4-3-5-8-17/h3-5,7-10,15,21-22H,6,11-14,16H2,1-2H3/p+2. The van der Waals surface area contributed by atoms with Crippen molar-refractivity contribution in [2.45, 2.75) is 19.4 Å². The van der Waals surface area contributed by atoms with E-state index in [4.69, 9.17) is 9.47 Å². The van der Waals surface area contributed by atoms with Gasteiger partial charge in [-0.05, 0) is 23.8 Å². The molecule has 0 aromatic heterocycles. The van der Waals surface area contributed by atoms with Gasteiger partial charge in [-0.15, -0.1) is 0 Å². The van der Waals surface area contributed by atoms with E-state index in [0.717, 1.165) is 31.0 Å². The minimum Gasteiger partial charge on any atom is -0.493 e. The lowest BCUT2D eigenvalue weighted by Crippen LogP contribution is -2.85. The van der Waals surface area contributed by atoms with Crippen LogP contribution in [0.15, 0.2) is 48.5 Å². The van der Waals surface area contributed by atoms with Crippen molar-refractivity contribution in [3.8, 4) is 11.5 Å². The lowest BCUT2D eigenvalue weighted by atomic mass is 10.1. The number of rotatable bonds is 11. The highest BCUT2D eigenvalue weighted by atomic mass is 16.5. The SMILES string of the molecule is C[NH2+]CCC[NH2+]Cc1ccc(OCCc2ccccc2)c(OC)c1. The molecule has 130 valence electrons. The zero-order valence-electron chi connectivity index (χ0n) is 14.8. The molecule has 4 heteroatoms. The van der Waals surface area contributed by atoms with E-state index in [1.54, 1.807) is 7.11 Å². The average molecular weight is 330 g/mol. The van der Waals surface area contributed by atoms with Crippen LogP contribution in [0.3, 0.4) is 0 Å². The number of ether oxygens (including phenoxy) is 2. The Morgan fingerprint density at radius 3 is 2.50 bits per heavy atom. The summed E-state index contributed by atoms with van der Waals surface area (Å²) in [5.74, 6) is 1.63. The Hall–Kier alpha value is -2.04. The van der Waals surface area contributed by atoms with Crippen molar-refractivity contribution in [1.29, 1.82) is 0 Å². The molecule has 0 aliphatic carbocycles. The van der Waals surface area contributed by atoms with Gasteiger partial charge in [-0.25, -0.2) is 0 Å². The van der Waals surface area contributed by atoms with E-state index >= 15 is 0 Å². The first-order chi connectivity index (χ1) is 11.8. The van der Waals surface area contributed by atoms with Gasteiger partial charge in [-0.1, -0.05) is 30.3 Å². The van der Waals surface area contributed by atoms with Gasteiger partial charge in [-0.2, -0.15) is 0 Å². The van der Waals surface area contributed by atoms with E-state index in [1.165, 1.54) is 24.1 Å². The highest BCUT2D eigenvalue weighted by Crippen LogP contribution is 2.28. The van der Waals surface area contributed by atoms with E-state index < -0.39 is 0 Å². The number of nitrogens with two attached hydrogens (primary N) is 2. The lowest BCUT2D eigenvalue weighted by Gasteiger charge is -2.12. The van der Waals surface area contributed by atoms with Gasteiger partial charge in [-0.3, -0.25) is 0 Å². The van der Waals surface area contributed by atoms with Crippen LogP contribution < -0.4 is 20.1 Å². The number of hydrogen-bond donors (Lipinski definition) is 2. The van der Waals surface area contributed by atoms with Crippen LogP contribution in [0.1, 0.15) is 17.5 Å². The van der Waals surface area contributed by atoms with Gasteiger partial charge in [0.1, 0.15) is 6.54 Å². The molecule has 0 radical (unpaired) electrons. The predicted molar refractivity (Wildman–Crippen MR) is 96.5 cm³/mol.